The Morgan fingerprint density at radius 1 is 1.50 bits per heavy atom. The first-order valence-electron chi connectivity index (χ1n) is 6.03. The molecule has 2 N–H and O–H groups in total. The summed E-state index contributed by atoms with van der Waals surface area (Å²) in [6.45, 7) is 1.73. The molecule has 1 atom stereocenters. The van der Waals surface area contributed by atoms with Crippen molar-refractivity contribution < 1.29 is 9.53 Å². The molecule has 1 aromatic carbocycles. The number of rotatable bonds is 4. The highest BCUT2D eigenvalue weighted by molar-refractivity contribution is 5.77. The van der Waals surface area contributed by atoms with E-state index in [0.717, 1.165) is 11.3 Å². The van der Waals surface area contributed by atoms with Crippen LogP contribution < -0.4 is 10.5 Å². The molecule has 5 heteroatoms. The predicted molar refractivity (Wildman–Crippen MR) is 69.5 cm³/mol. The number of nitrogens with zero attached hydrogens (tertiary/aromatic N) is 2. The molecule has 0 bridgehead atoms. The van der Waals surface area contributed by atoms with Crippen molar-refractivity contribution in [1.82, 2.24) is 9.80 Å². The summed E-state index contributed by atoms with van der Waals surface area (Å²) >= 11 is 0. The van der Waals surface area contributed by atoms with Gasteiger partial charge in [0.25, 0.3) is 0 Å². The quantitative estimate of drug-likeness (QED) is 0.868. The third-order valence-electron chi connectivity index (χ3n) is 3.24. The van der Waals surface area contributed by atoms with E-state index in [4.69, 9.17) is 10.5 Å². The van der Waals surface area contributed by atoms with Crippen molar-refractivity contribution >= 4 is 6.03 Å². The second kappa shape index (κ2) is 5.27. The molecule has 98 valence electrons. The van der Waals surface area contributed by atoms with E-state index < -0.39 is 0 Å². The van der Waals surface area contributed by atoms with Crippen molar-refractivity contribution in [2.24, 2.45) is 5.73 Å². The normalized spacial score (nSPS) is 19.5. The molecule has 1 aliphatic heterocycles. The van der Waals surface area contributed by atoms with Gasteiger partial charge in [0, 0.05) is 26.7 Å². The van der Waals surface area contributed by atoms with Gasteiger partial charge in [0.15, 0.2) is 0 Å². The van der Waals surface area contributed by atoms with Crippen LogP contribution in [-0.4, -0.2) is 49.6 Å². The van der Waals surface area contributed by atoms with Crippen LogP contribution in [0.3, 0.4) is 0 Å². The third kappa shape index (κ3) is 2.26. The van der Waals surface area contributed by atoms with Crippen molar-refractivity contribution in [2.75, 3.05) is 33.8 Å². The van der Waals surface area contributed by atoms with Gasteiger partial charge in [-0.05, 0) is 17.7 Å². The highest BCUT2D eigenvalue weighted by Gasteiger charge is 2.35. The third-order valence-corrected chi connectivity index (χ3v) is 3.24. The molecular weight excluding hydrogens is 230 g/mol. The lowest BCUT2D eigenvalue weighted by molar-refractivity contribution is 0.192. The van der Waals surface area contributed by atoms with Crippen LogP contribution in [0.25, 0.3) is 0 Å². The number of amides is 2. The van der Waals surface area contributed by atoms with E-state index in [1.807, 2.05) is 36.2 Å². The van der Waals surface area contributed by atoms with Crippen LogP contribution in [0.5, 0.6) is 5.75 Å². The molecule has 0 spiro atoms. The molecule has 5 nitrogen and oxygen atoms in total. The lowest BCUT2D eigenvalue weighted by atomic mass is 10.1. The molecule has 2 amide bonds. The van der Waals surface area contributed by atoms with E-state index in [-0.39, 0.29) is 12.1 Å². The Bertz CT molecular complexity index is 436. The number of urea groups is 1. The number of methoxy groups -OCH3 is 1. The predicted octanol–water partition coefficient (Wildman–Crippen LogP) is 1.06. The zero-order chi connectivity index (χ0) is 13.1. The monoisotopic (exact) mass is 249 g/mol. The molecule has 1 aliphatic rings. The SMILES string of the molecule is COc1cccc(C2CN(C)C(=O)N2CCN)c1. The number of carbonyl (C=O) groups is 1. The van der Waals surface area contributed by atoms with Gasteiger partial charge in [-0.2, -0.15) is 0 Å². The number of carbonyl (C=O) groups excluding carboxylic acids is 1. The molecule has 0 aromatic heterocycles. The molecule has 18 heavy (non-hydrogen) atoms. The minimum atomic E-state index is 0.0354. The molecule has 1 fully saturated rings. The second-order valence-corrected chi connectivity index (χ2v) is 4.44. The molecule has 0 radical (unpaired) electrons. The van der Waals surface area contributed by atoms with Gasteiger partial charge in [0.2, 0.25) is 0 Å². The largest absolute Gasteiger partial charge is 0.497 e. The van der Waals surface area contributed by atoms with E-state index in [9.17, 15) is 4.79 Å². The van der Waals surface area contributed by atoms with Gasteiger partial charge in [-0.1, -0.05) is 12.1 Å². The van der Waals surface area contributed by atoms with Crippen LogP contribution in [0.4, 0.5) is 4.79 Å². The molecule has 1 saturated heterocycles. The minimum Gasteiger partial charge on any atom is -0.497 e. The Morgan fingerprint density at radius 3 is 2.94 bits per heavy atom. The summed E-state index contributed by atoms with van der Waals surface area (Å²) in [6.07, 6.45) is 0. The van der Waals surface area contributed by atoms with E-state index in [1.54, 1.807) is 12.0 Å². The Hall–Kier alpha value is -1.75. The first kappa shape index (κ1) is 12.7. The fraction of sp³-hybridized carbons (Fsp3) is 0.462. The number of hydrogen-bond acceptors (Lipinski definition) is 3. The molecule has 0 saturated carbocycles. The van der Waals surface area contributed by atoms with E-state index >= 15 is 0 Å². The number of likely N-dealkylation sites (N-methyl/N-ethyl adjacent to an activating group) is 1. The fourth-order valence-electron chi connectivity index (χ4n) is 2.31. The Balaban J connectivity index is 2.27. The minimum absolute atomic E-state index is 0.0354. The summed E-state index contributed by atoms with van der Waals surface area (Å²) < 4.78 is 5.22. The van der Waals surface area contributed by atoms with Crippen molar-refractivity contribution in [1.29, 1.82) is 0 Å². The van der Waals surface area contributed by atoms with Crippen molar-refractivity contribution in [2.45, 2.75) is 6.04 Å². The van der Waals surface area contributed by atoms with Gasteiger partial charge >= 0.3 is 6.03 Å². The van der Waals surface area contributed by atoms with Crippen LogP contribution in [0.2, 0.25) is 0 Å². The van der Waals surface area contributed by atoms with Gasteiger partial charge in [0.05, 0.1) is 13.2 Å². The Labute approximate surface area is 107 Å². The maximum Gasteiger partial charge on any atom is 0.320 e. The summed E-state index contributed by atoms with van der Waals surface area (Å²) in [7, 11) is 3.45. The highest BCUT2D eigenvalue weighted by atomic mass is 16.5. The molecule has 1 heterocycles. The topological polar surface area (TPSA) is 58.8 Å². The molecule has 1 aromatic rings. The maximum absolute atomic E-state index is 12.0. The summed E-state index contributed by atoms with van der Waals surface area (Å²) in [5, 5.41) is 0. The molecule has 2 rings (SSSR count). The van der Waals surface area contributed by atoms with Crippen molar-refractivity contribution in [3.63, 3.8) is 0 Å². The van der Waals surface area contributed by atoms with Gasteiger partial charge in [0.1, 0.15) is 5.75 Å². The van der Waals surface area contributed by atoms with Gasteiger partial charge in [-0.3, -0.25) is 0 Å². The van der Waals surface area contributed by atoms with Gasteiger partial charge in [-0.15, -0.1) is 0 Å². The van der Waals surface area contributed by atoms with Crippen LogP contribution in [-0.2, 0) is 0 Å². The summed E-state index contributed by atoms with van der Waals surface area (Å²) in [4.78, 5) is 15.5. The van der Waals surface area contributed by atoms with E-state index in [0.29, 0.717) is 19.6 Å². The van der Waals surface area contributed by atoms with Crippen LogP contribution >= 0.6 is 0 Å². The first-order chi connectivity index (χ1) is 8.67. The average Bonchev–Trinajstić information content (AvgIpc) is 2.68. The standard InChI is InChI=1S/C13H19N3O2/c1-15-9-12(16(7-6-14)13(15)17)10-4-3-5-11(8-10)18-2/h3-5,8,12H,6-7,9,14H2,1-2H3. The van der Waals surface area contributed by atoms with Gasteiger partial charge < -0.3 is 20.3 Å². The number of ether oxygens (including phenoxy) is 1. The van der Waals surface area contributed by atoms with Crippen LogP contribution in [0.1, 0.15) is 11.6 Å². The highest BCUT2D eigenvalue weighted by Crippen LogP contribution is 2.30. The number of hydrogen-bond donors (Lipinski definition) is 1. The van der Waals surface area contributed by atoms with Gasteiger partial charge in [-0.25, -0.2) is 4.79 Å². The fourth-order valence-corrected chi connectivity index (χ4v) is 2.31. The first-order valence-corrected chi connectivity index (χ1v) is 6.03. The van der Waals surface area contributed by atoms with E-state index in [1.165, 1.54) is 0 Å². The number of nitrogens with two attached hydrogens (primary N) is 1. The lowest BCUT2D eigenvalue weighted by Gasteiger charge is -2.23. The van der Waals surface area contributed by atoms with Crippen LogP contribution in [0.15, 0.2) is 24.3 Å². The maximum atomic E-state index is 12.0. The molecular formula is C13H19N3O2. The molecule has 0 aliphatic carbocycles. The summed E-state index contributed by atoms with van der Waals surface area (Å²) in [5.41, 5.74) is 6.66. The lowest BCUT2D eigenvalue weighted by Crippen LogP contribution is -2.34. The smallest absolute Gasteiger partial charge is 0.320 e. The molecule has 1 unspecified atom stereocenters. The van der Waals surface area contributed by atoms with Crippen molar-refractivity contribution in [3.8, 4) is 5.75 Å². The summed E-state index contributed by atoms with van der Waals surface area (Å²) in [6, 6.07) is 7.92. The number of benzene rings is 1. The Morgan fingerprint density at radius 2 is 2.28 bits per heavy atom. The van der Waals surface area contributed by atoms with Crippen LogP contribution in [0, 0.1) is 0 Å². The van der Waals surface area contributed by atoms with Crippen molar-refractivity contribution in [3.05, 3.63) is 29.8 Å². The Kier molecular flexibility index (Phi) is 3.72. The second-order valence-electron chi connectivity index (χ2n) is 4.44. The van der Waals surface area contributed by atoms with E-state index in [2.05, 4.69) is 0 Å². The zero-order valence-electron chi connectivity index (χ0n) is 10.8. The summed E-state index contributed by atoms with van der Waals surface area (Å²) in [5.74, 6) is 0.808. The average molecular weight is 249 g/mol. The zero-order valence-corrected chi connectivity index (χ0v) is 10.8.